The highest BCUT2D eigenvalue weighted by molar-refractivity contribution is 7.80. The molecule has 0 saturated carbocycles. The summed E-state index contributed by atoms with van der Waals surface area (Å²) in [5, 5.41) is 15.5. The van der Waals surface area contributed by atoms with Crippen LogP contribution in [0.25, 0.3) is 0 Å². The number of anilines is 1. The van der Waals surface area contributed by atoms with E-state index in [0.717, 1.165) is 18.2 Å². The van der Waals surface area contributed by atoms with Gasteiger partial charge in [0.15, 0.2) is 11.7 Å². The molecular weight excluding hydrogens is 373 g/mol. The average molecular weight is 384 g/mol. The van der Waals surface area contributed by atoms with E-state index in [-0.39, 0.29) is 23.1 Å². The van der Waals surface area contributed by atoms with Crippen LogP contribution < -0.4 is 15.4 Å². The predicted molar refractivity (Wildman–Crippen MR) is 94.4 cm³/mol. The number of ether oxygens (including phenoxy) is 1. The SMILES string of the molecule is O=C(COc1ccccc1Cl)NC(=S)Nc1cc([N+](=O)[O-])ccc1F. The highest BCUT2D eigenvalue weighted by atomic mass is 35.5. The monoisotopic (exact) mass is 383 g/mol. The number of para-hydroxylation sites is 1. The van der Waals surface area contributed by atoms with E-state index in [1.807, 2.05) is 0 Å². The quantitative estimate of drug-likeness (QED) is 0.467. The van der Waals surface area contributed by atoms with Crippen LogP contribution >= 0.6 is 23.8 Å². The van der Waals surface area contributed by atoms with E-state index in [1.54, 1.807) is 24.3 Å². The van der Waals surface area contributed by atoms with Crippen molar-refractivity contribution in [3.8, 4) is 5.75 Å². The summed E-state index contributed by atoms with van der Waals surface area (Å²) in [5.74, 6) is -1.04. The van der Waals surface area contributed by atoms with Gasteiger partial charge in [0.05, 0.1) is 15.6 Å². The highest BCUT2D eigenvalue weighted by Crippen LogP contribution is 2.23. The number of amides is 1. The van der Waals surface area contributed by atoms with Gasteiger partial charge >= 0.3 is 0 Å². The summed E-state index contributed by atoms with van der Waals surface area (Å²) in [7, 11) is 0. The molecule has 0 fully saturated rings. The van der Waals surface area contributed by atoms with E-state index < -0.39 is 16.6 Å². The first-order valence-corrected chi connectivity index (χ1v) is 7.57. The Morgan fingerprint density at radius 2 is 2.04 bits per heavy atom. The van der Waals surface area contributed by atoms with Crippen molar-refractivity contribution in [3.05, 3.63) is 63.4 Å². The van der Waals surface area contributed by atoms with Crippen molar-refractivity contribution in [1.29, 1.82) is 0 Å². The second-order valence-electron chi connectivity index (χ2n) is 4.64. The molecule has 0 aliphatic carbocycles. The molecule has 0 aliphatic heterocycles. The molecule has 10 heteroatoms. The minimum absolute atomic E-state index is 0.229. The van der Waals surface area contributed by atoms with Gasteiger partial charge in [0.1, 0.15) is 11.6 Å². The maximum absolute atomic E-state index is 13.6. The number of hydrogen-bond acceptors (Lipinski definition) is 5. The summed E-state index contributed by atoms with van der Waals surface area (Å²) >= 11 is 10.8. The summed E-state index contributed by atoms with van der Waals surface area (Å²) in [6, 6.07) is 9.49. The Bertz CT molecular complexity index is 834. The normalized spacial score (nSPS) is 10.0. The van der Waals surface area contributed by atoms with Crippen molar-refractivity contribution in [2.24, 2.45) is 0 Å². The zero-order valence-corrected chi connectivity index (χ0v) is 14.1. The van der Waals surface area contributed by atoms with Crippen LogP contribution in [0, 0.1) is 15.9 Å². The summed E-state index contributed by atoms with van der Waals surface area (Å²) in [5.41, 5.74) is -0.549. The van der Waals surface area contributed by atoms with Crippen LogP contribution in [0.2, 0.25) is 5.02 Å². The molecule has 2 aromatic carbocycles. The Labute approximate surface area is 151 Å². The molecule has 25 heavy (non-hydrogen) atoms. The molecule has 2 aromatic rings. The van der Waals surface area contributed by atoms with Crippen LogP contribution in [-0.2, 0) is 4.79 Å². The highest BCUT2D eigenvalue weighted by Gasteiger charge is 2.13. The third-order valence-electron chi connectivity index (χ3n) is 2.86. The van der Waals surface area contributed by atoms with Gasteiger partial charge in [-0.2, -0.15) is 0 Å². The van der Waals surface area contributed by atoms with E-state index in [0.29, 0.717) is 10.8 Å². The first-order valence-electron chi connectivity index (χ1n) is 6.79. The second-order valence-corrected chi connectivity index (χ2v) is 5.46. The Kier molecular flexibility index (Phi) is 6.20. The maximum Gasteiger partial charge on any atom is 0.271 e. The average Bonchev–Trinajstić information content (AvgIpc) is 2.55. The van der Waals surface area contributed by atoms with Crippen molar-refractivity contribution in [1.82, 2.24) is 5.32 Å². The predicted octanol–water partition coefficient (Wildman–Crippen LogP) is 3.28. The minimum atomic E-state index is -0.755. The van der Waals surface area contributed by atoms with Crippen molar-refractivity contribution >= 4 is 46.2 Å². The molecule has 1 amide bonds. The van der Waals surface area contributed by atoms with Crippen molar-refractivity contribution < 1.29 is 18.8 Å². The molecule has 2 rings (SSSR count). The molecule has 0 radical (unpaired) electrons. The first kappa shape index (κ1) is 18.6. The molecule has 0 aromatic heterocycles. The van der Waals surface area contributed by atoms with Gasteiger partial charge in [0.25, 0.3) is 11.6 Å². The number of nitro benzene ring substituents is 1. The van der Waals surface area contributed by atoms with E-state index >= 15 is 0 Å². The number of carbonyl (C=O) groups is 1. The standard InChI is InChI=1S/C15H11ClFN3O4S/c16-10-3-1-2-4-13(10)24-8-14(21)19-15(25)18-12-7-9(20(22)23)5-6-11(12)17/h1-7H,8H2,(H2,18,19,21,25). The van der Waals surface area contributed by atoms with E-state index in [4.69, 9.17) is 28.6 Å². The number of rotatable bonds is 5. The van der Waals surface area contributed by atoms with E-state index in [2.05, 4.69) is 10.6 Å². The van der Waals surface area contributed by atoms with Crippen LogP contribution in [0.5, 0.6) is 5.75 Å². The van der Waals surface area contributed by atoms with Gasteiger partial charge in [-0.3, -0.25) is 20.2 Å². The minimum Gasteiger partial charge on any atom is -0.482 e. The van der Waals surface area contributed by atoms with Gasteiger partial charge < -0.3 is 10.1 Å². The summed E-state index contributed by atoms with van der Waals surface area (Å²) < 4.78 is 18.9. The summed E-state index contributed by atoms with van der Waals surface area (Å²) in [6.07, 6.45) is 0. The Morgan fingerprint density at radius 1 is 1.32 bits per heavy atom. The molecule has 0 unspecified atom stereocenters. The van der Waals surface area contributed by atoms with Crippen LogP contribution in [-0.4, -0.2) is 22.5 Å². The smallest absolute Gasteiger partial charge is 0.271 e. The third kappa shape index (κ3) is 5.37. The fourth-order valence-corrected chi connectivity index (χ4v) is 2.16. The fraction of sp³-hybridized carbons (Fsp3) is 0.0667. The zero-order valence-electron chi connectivity index (χ0n) is 12.5. The number of nitro groups is 1. The van der Waals surface area contributed by atoms with Gasteiger partial charge in [-0.05, 0) is 30.4 Å². The molecule has 0 aliphatic rings. The van der Waals surface area contributed by atoms with Crippen molar-refractivity contribution in [2.45, 2.75) is 0 Å². The topological polar surface area (TPSA) is 93.5 Å². The molecule has 0 saturated heterocycles. The lowest BCUT2D eigenvalue weighted by Gasteiger charge is -2.11. The zero-order chi connectivity index (χ0) is 18.4. The molecule has 2 N–H and O–H groups in total. The molecule has 0 spiro atoms. The maximum atomic E-state index is 13.6. The van der Waals surface area contributed by atoms with Crippen LogP contribution in [0.4, 0.5) is 15.8 Å². The van der Waals surface area contributed by atoms with Gasteiger partial charge in [0, 0.05) is 12.1 Å². The number of non-ortho nitro benzene ring substituents is 1. The molecule has 130 valence electrons. The molecule has 0 bridgehead atoms. The Morgan fingerprint density at radius 3 is 2.72 bits per heavy atom. The second kappa shape index (κ2) is 8.36. The van der Waals surface area contributed by atoms with E-state index in [9.17, 15) is 19.3 Å². The van der Waals surface area contributed by atoms with E-state index in [1.165, 1.54) is 0 Å². The van der Waals surface area contributed by atoms with Crippen molar-refractivity contribution in [3.63, 3.8) is 0 Å². The van der Waals surface area contributed by atoms with Crippen LogP contribution in [0.3, 0.4) is 0 Å². The Hall–Kier alpha value is -2.78. The van der Waals surface area contributed by atoms with Gasteiger partial charge in [0.2, 0.25) is 0 Å². The number of thiocarbonyl (C=S) groups is 1. The number of halogens is 2. The van der Waals surface area contributed by atoms with Crippen molar-refractivity contribution in [2.75, 3.05) is 11.9 Å². The van der Waals surface area contributed by atoms with Gasteiger partial charge in [-0.25, -0.2) is 4.39 Å². The van der Waals surface area contributed by atoms with Gasteiger partial charge in [-0.15, -0.1) is 0 Å². The molecule has 7 nitrogen and oxygen atoms in total. The van der Waals surface area contributed by atoms with Crippen LogP contribution in [0.1, 0.15) is 0 Å². The summed E-state index contributed by atoms with van der Waals surface area (Å²) in [6.45, 7) is -0.372. The molecular formula is C15H11ClFN3O4S. The molecule has 0 atom stereocenters. The number of nitrogens with one attached hydrogen (secondary N) is 2. The number of benzene rings is 2. The number of carbonyl (C=O) groups excluding carboxylic acids is 1. The number of hydrogen-bond donors (Lipinski definition) is 2. The fourth-order valence-electron chi connectivity index (χ4n) is 1.74. The first-order chi connectivity index (χ1) is 11.9. The van der Waals surface area contributed by atoms with Gasteiger partial charge in [-0.1, -0.05) is 23.7 Å². The number of nitrogens with zero attached hydrogens (tertiary/aromatic N) is 1. The van der Waals surface area contributed by atoms with Crippen LogP contribution in [0.15, 0.2) is 42.5 Å². The lowest BCUT2D eigenvalue weighted by Crippen LogP contribution is -2.37. The lowest BCUT2D eigenvalue weighted by molar-refractivity contribution is -0.384. The molecule has 0 heterocycles. The largest absolute Gasteiger partial charge is 0.482 e. The Balaban J connectivity index is 1.92. The third-order valence-corrected chi connectivity index (χ3v) is 3.37. The summed E-state index contributed by atoms with van der Waals surface area (Å²) in [4.78, 5) is 21.8. The lowest BCUT2D eigenvalue weighted by atomic mass is 10.2.